The van der Waals surface area contributed by atoms with Crippen molar-refractivity contribution in [1.29, 1.82) is 0 Å². The number of para-hydroxylation sites is 1. The van der Waals surface area contributed by atoms with Crippen molar-refractivity contribution in [3.63, 3.8) is 0 Å². The molecule has 4 aromatic rings. The van der Waals surface area contributed by atoms with Gasteiger partial charge in [0.15, 0.2) is 0 Å². The zero-order valence-corrected chi connectivity index (χ0v) is 12.9. The molecule has 3 aromatic carbocycles. The summed E-state index contributed by atoms with van der Waals surface area (Å²) in [6.07, 6.45) is 0. The molecule has 22 heavy (non-hydrogen) atoms. The van der Waals surface area contributed by atoms with Crippen molar-refractivity contribution in [2.75, 3.05) is 0 Å². The van der Waals surface area contributed by atoms with Crippen LogP contribution in [0.2, 0.25) is 0 Å². The third kappa shape index (κ3) is 2.45. The molecule has 106 valence electrons. The van der Waals surface area contributed by atoms with Crippen LogP contribution in [0.25, 0.3) is 11.0 Å². The van der Waals surface area contributed by atoms with E-state index in [0.29, 0.717) is 0 Å². The Morgan fingerprint density at radius 3 is 1.73 bits per heavy atom. The highest BCUT2D eigenvalue weighted by Gasteiger charge is 2.20. The first-order chi connectivity index (χ1) is 10.9. The third-order valence-corrected chi connectivity index (χ3v) is 5.95. The van der Waals surface area contributed by atoms with Crippen molar-refractivity contribution in [2.45, 2.75) is 0 Å². The quantitative estimate of drug-likeness (QED) is 0.517. The van der Waals surface area contributed by atoms with Gasteiger partial charge in [0, 0.05) is 13.3 Å². The van der Waals surface area contributed by atoms with E-state index in [-0.39, 0.29) is 0 Å². The summed E-state index contributed by atoms with van der Waals surface area (Å²) < 4.78 is 6.17. The maximum Gasteiger partial charge on any atom is 0.135 e. The molecule has 0 spiro atoms. The predicted octanol–water partition coefficient (Wildman–Crippen LogP) is 4.19. The van der Waals surface area contributed by atoms with Crippen LogP contribution < -0.4 is 16.1 Å². The third-order valence-electron chi connectivity index (χ3n) is 3.66. The van der Waals surface area contributed by atoms with Crippen LogP contribution in [0, 0.1) is 0 Å². The maximum absolute atomic E-state index is 6.17. The molecule has 0 unspecified atom stereocenters. The van der Waals surface area contributed by atoms with Crippen molar-refractivity contribution >= 4 is 35.0 Å². The topological polar surface area (TPSA) is 13.1 Å². The molecule has 0 aliphatic rings. The number of furan rings is 1. The summed E-state index contributed by atoms with van der Waals surface area (Å²) in [5.41, 5.74) is 2.01. The van der Waals surface area contributed by atoms with Gasteiger partial charge >= 0.3 is 0 Å². The van der Waals surface area contributed by atoms with Gasteiger partial charge in [-0.3, -0.25) is 0 Å². The monoisotopic (exact) mass is 302 g/mol. The van der Waals surface area contributed by atoms with E-state index in [1.807, 2.05) is 12.1 Å². The van der Waals surface area contributed by atoms with Crippen LogP contribution in [-0.4, -0.2) is 0 Å². The van der Waals surface area contributed by atoms with Gasteiger partial charge in [-0.1, -0.05) is 78.9 Å². The van der Waals surface area contributed by atoms with Crippen molar-refractivity contribution in [3.8, 4) is 0 Å². The van der Waals surface area contributed by atoms with E-state index in [9.17, 15) is 0 Å². The van der Waals surface area contributed by atoms with Gasteiger partial charge in [0.2, 0.25) is 0 Å². The molecule has 0 saturated carbocycles. The van der Waals surface area contributed by atoms with Gasteiger partial charge in [-0.15, -0.1) is 0 Å². The summed E-state index contributed by atoms with van der Waals surface area (Å²) in [6.45, 7) is 0. The molecule has 4 rings (SSSR count). The van der Waals surface area contributed by atoms with E-state index in [1.54, 1.807) is 0 Å². The number of benzene rings is 3. The van der Waals surface area contributed by atoms with Crippen molar-refractivity contribution < 1.29 is 4.42 Å². The Balaban J connectivity index is 1.90. The van der Waals surface area contributed by atoms with Gasteiger partial charge in [0.25, 0.3) is 0 Å². The highest BCUT2D eigenvalue weighted by molar-refractivity contribution is 7.79. The molecule has 0 aliphatic heterocycles. The Morgan fingerprint density at radius 1 is 0.591 bits per heavy atom. The van der Waals surface area contributed by atoms with Gasteiger partial charge in [-0.05, 0) is 22.7 Å². The summed E-state index contributed by atoms with van der Waals surface area (Å²) in [7, 11) is -0.659. The van der Waals surface area contributed by atoms with Gasteiger partial charge in [0.1, 0.15) is 11.1 Å². The summed E-state index contributed by atoms with van der Waals surface area (Å²) in [4.78, 5) is 0. The van der Waals surface area contributed by atoms with Gasteiger partial charge in [-0.2, -0.15) is 0 Å². The van der Waals surface area contributed by atoms with E-state index >= 15 is 0 Å². The molecule has 0 aliphatic carbocycles. The van der Waals surface area contributed by atoms with Gasteiger partial charge in [-0.25, -0.2) is 0 Å². The molecule has 1 heterocycles. The molecule has 0 N–H and O–H groups in total. The van der Waals surface area contributed by atoms with Crippen LogP contribution in [0.4, 0.5) is 0 Å². The second-order valence-corrected chi connectivity index (χ2v) is 7.27. The fourth-order valence-electron chi connectivity index (χ4n) is 2.64. The number of rotatable bonds is 3. The lowest BCUT2D eigenvalue weighted by Crippen LogP contribution is -2.19. The van der Waals surface area contributed by atoms with E-state index < -0.39 is 7.92 Å². The maximum atomic E-state index is 6.17. The smallest absolute Gasteiger partial charge is 0.135 e. The molecule has 0 saturated heterocycles. The van der Waals surface area contributed by atoms with Crippen LogP contribution in [-0.2, 0) is 0 Å². The molecular weight excluding hydrogens is 287 g/mol. The van der Waals surface area contributed by atoms with Crippen LogP contribution in [0.3, 0.4) is 0 Å². The molecule has 0 fully saturated rings. The van der Waals surface area contributed by atoms with Crippen LogP contribution >= 0.6 is 7.92 Å². The first-order valence-corrected chi connectivity index (χ1v) is 8.65. The van der Waals surface area contributed by atoms with Crippen molar-refractivity contribution in [1.82, 2.24) is 0 Å². The normalized spacial score (nSPS) is 11.1. The SMILES string of the molecule is c1ccc(P(c2ccccc2)c2cc3ccccc3o2)cc1. The number of hydrogen-bond donors (Lipinski definition) is 0. The van der Waals surface area contributed by atoms with Crippen LogP contribution in [0.15, 0.2) is 95.4 Å². The van der Waals surface area contributed by atoms with Gasteiger partial charge in [0.05, 0.1) is 0 Å². The zero-order chi connectivity index (χ0) is 14.8. The lowest BCUT2D eigenvalue weighted by atomic mass is 10.3. The van der Waals surface area contributed by atoms with E-state index in [2.05, 4.69) is 78.9 Å². The van der Waals surface area contributed by atoms with Crippen molar-refractivity contribution in [3.05, 3.63) is 91.0 Å². The average Bonchev–Trinajstić information content (AvgIpc) is 3.00. The van der Waals surface area contributed by atoms with E-state index in [0.717, 1.165) is 16.5 Å². The fraction of sp³-hybridized carbons (Fsp3) is 0. The summed E-state index contributed by atoms with van der Waals surface area (Å²) in [5, 5.41) is 3.78. The molecule has 1 nitrogen and oxygen atoms in total. The summed E-state index contributed by atoms with van der Waals surface area (Å²) in [6, 6.07) is 31.6. The largest absolute Gasteiger partial charge is 0.456 e. The van der Waals surface area contributed by atoms with Crippen molar-refractivity contribution in [2.24, 2.45) is 0 Å². The minimum Gasteiger partial charge on any atom is -0.456 e. The second-order valence-electron chi connectivity index (χ2n) is 5.13. The Kier molecular flexibility index (Phi) is 3.50. The lowest BCUT2D eigenvalue weighted by Gasteiger charge is -2.15. The summed E-state index contributed by atoms with van der Waals surface area (Å²) in [5.74, 6) is 0. The molecule has 0 amide bonds. The standard InChI is InChI=1S/C20H15OP/c1-3-10-17(11-4-1)22(18-12-5-2-6-13-18)20-15-16-9-7-8-14-19(16)21-20/h1-15H. The zero-order valence-electron chi connectivity index (χ0n) is 12.0. The highest BCUT2D eigenvalue weighted by atomic mass is 31.1. The minimum absolute atomic E-state index is 0.659. The number of fused-ring (bicyclic) bond motifs is 1. The minimum atomic E-state index is -0.659. The Hall–Kier alpha value is -2.37. The van der Waals surface area contributed by atoms with E-state index in [1.165, 1.54) is 10.6 Å². The molecule has 0 radical (unpaired) electrons. The predicted molar refractivity (Wildman–Crippen MR) is 94.9 cm³/mol. The molecule has 2 heteroatoms. The van der Waals surface area contributed by atoms with Gasteiger partial charge < -0.3 is 4.42 Å². The average molecular weight is 302 g/mol. The molecule has 0 atom stereocenters. The molecular formula is C20H15OP. The molecule has 1 aromatic heterocycles. The van der Waals surface area contributed by atoms with Crippen LogP contribution in [0.5, 0.6) is 0 Å². The Labute approximate surface area is 131 Å². The second kappa shape index (κ2) is 5.79. The van der Waals surface area contributed by atoms with Crippen LogP contribution in [0.1, 0.15) is 0 Å². The molecule has 0 bridgehead atoms. The Bertz CT molecular complexity index is 809. The highest BCUT2D eigenvalue weighted by Crippen LogP contribution is 2.34. The first-order valence-electron chi connectivity index (χ1n) is 7.31. The summed E-state index contributed by atoms with van der Waals surface area (Å²) >= 11 is 0. The number of hydrogen-bond acceptors (Lipinski definition) is 1. The first kappa shape index (κ1) is 13.3. The fourth-order valence-corrected chi connectivity index (χ4v) is 4.84. The van der Waals surface area contributed by atoms with E-state index in [4.69, 9.17) is 4.42 Å². The lowest BCUT2D eigenvalue weighted by molar-refractivity contribution is 0.654. The Morgan fingerprint density at radius 2 is 1.14 bits per heavy atom.